The fourth-order valence-electron chi connectivity index (χ4n) is 5.45. The quantitative estimate of drug-likeness (QED) is 0.471. The third-order valence-electron chi connectivity index (χ3n) is 8.03. The Balaban J connectivity index is 1.24. The Morgan fingerprint density at radius 3 is 2.46 bits per heavy atom. The molecule has 2 fully saturated rings. The van der Waals surface area contributed by atoms with Crippen molar-refractivity contribution < 1.29 is 14.3 Å². The van der Waals surface area contributed by atoms with E-state index in [4.69, 9.17) is 4.74 Å². The highest BCUT2D eigenvalue weighted by atomic mass is 16.5. The highest BCUT2D eigenvalue weighted by Gasteiger charge is 2.30. The van der Waals surface area contributed by atoms with Crippen LogP contribution >= 0.6 is 0 Å². The van der Waals surface area contributed by atoms with Crippen LogP contribution in [0.5, 0.6) is 0 Å². The zero-order chi connectivity index (χ0) is 29.0. The number of ether oxygens (including phenoxy) is 1. The first kappa shape index (κ1) is 28.5. The number of amides is 2. The van der Waals surface area contributed by atoms with Crippen LogP contribution in [0.15, 0.2) is 53.5 Å². The fourth-order valence-corrected chi connectivity index (χ4v) is 5.45. The molecule has 2 aliphatic rings. The molecule has 0 radical (unpaired) electrons. The summed E-state index contributed by atoms with van der Waals surface area (Å²) in [6, 6.07) is 12.7. The van der Waals surface area contributed by atoms with Crippen LogP contribution in [0, 0.1) is 11.3 Å². The number of piperidine rings is 1. The summed E-state index contributed by atoms with van der Waals surface area (Å²) >= 11 is 0. The van der Waals surface area contributed by atoms with Crippen LogP contribution in [-0.4, -0.2) is 76.2 Å². The normalized spacial score (nSPS) is 16.5. The van der Waals surface area contributed by atoms with E-state index in [1.54, 1.807) is 23.1 Å². The van der Waals surface area contributed by atoms with E-state index in [2.05, 4.69) is 41.3 Å². The van der Waals surface area contributed by atoms with Gasteiger partial charge in [-0.1, -0.05) is 39.0 Å². The van der Waals surface area contributed by atoms with Crippen molar-refractivity contribution in [3.05, 3.63) is 70.1 Å². The second kappa shape index (κ2) is 12.2. The predicted molar refractivity (Wildman–Crippen MR) is 157 cm³/mol. The van der Waals surface area contributed by atoms with Crippen molar-refractivity contribution in [2.45, 2.75) is 40.0 Å². The first-order valence-electron chi connectivity index (χ1n) is 14.2. The summed E-state index contributed by atoms with van der Waals surface area (Å²) in [6.07, 6.45) is 3.90. The summed E-state index contributed by atoms with van der Waals surface area (Å²) in [5, 5.41) is 9.80. The average Bonchev–Trinajstić information content (AvgIpc) is 2.98. The van der Waals surface area contributed by atoms with Crippen LogP contribution in [0.4, 0.5) is 11.5 Å². The van der Waals surface area contributed by atoms with Gasteiger partial charge in [-0.25, -0.2) is 10.1 Å². The molecule has 2 N–H and O–H groups in total. The van der Waals surface area contributed by atoms with E-state index in [0.29, 0.717) is 55.7 Å². The molecule has 2 aromatic heterocycles. The number of benzene rings is 1. The van der Waals surface area contributed by atoms with Gasteiger partial charge in [-0.2, -0.15) is 5.10 Å². The van der Waals surface area contributed by atoms with Crippen molar-refractivity contribution in [1.29, 1.82) is 0 Å². The Hall–Kier alpha value is -4.05. The minimum Gasteiger partial charge on any atom is -0.378 e. The number of nitrogens with one attached hydrogen (secondary N) is 2. The molecule has 1 aromatic carbocycles. The van der Waals surface area contributed by atoms with Crippen molar-refractivity contribution in [2.75, 3.05) is 44.7 Å². The first-order chi connectivity index (χ1) is 19.7. The molecule has 0 aliphatic carbocycles. The van der Waals surface area contributed by atoms with Crippen molar-refractivity contribution in [2.24, 2.45) is 11.3 Å². The van der Waals surface area contributed by atoms with Crippen molar-refractivity contribution in [3.8, 4) is 11.3 Å². The Morgan fingerprint density at radius 2 is 1.78 bits per heavy atom. The molecule has 10 nitrogen and oxygen atoms in total. The molecule has 2 amide bonds. The number of likely N-dealkylation sites (tertiary alicyclic amines) is 1. The van der Waals surface area contributed by atoms with E-state index < -0.39 is 5.56 Å². The maximum absolute atomic E-state index is 13.0. The number of rotatable bonds is 6. The molecule has 5 rings (SSSR count). The average molecular weight is 559 g/mol. The van der Waals surface area contributed by atoms with Gasteiger partial charge in [-0.05, 0) is 54.0 Å². The molecule has 2 aliphatic heterocycles. The molecule has 10 heteroatoms. The van der Waals surface area contributed by atoms with Gasteiger partial charge in [0.05, 0.1) is 30.9 Å². The predicted octanol–water partition coefficient (Wildman–Crippen LogP) is 3.88. The van der Waals surface area contributed by atoms with E-state index >= 15 is 0 Å². The van der Waals surface area contributed by atoms with E-state index in [0.717, 1.165) is 37.1 Å². The lowest BCUT2D eigenvalue weighted by molar-refractivity contribution is -0.132. The Labute approximate surface area is 240 Å². The Morgan fingerprint density at radius 1 is 1.02 bits per heavy atom. The smallest absolute Gasteiger partial charge is 0.287 e. The second-order valence-electron chi connectivity index (χ2n) is 11.9. The monoisotopic (exact) mass is 558 g/mol. The topological polar surface area (TPSA) is 121 Å². The van der Waals surface area contributed by atoms with E-state index in [-0.39, 0.29) is 22.9 Å². The van der Waals surface area contributed by atoms with Crippen LogP contribution < -0.4 is 10.9 Å². The molecule has 0 bridgehead atoms. The van der Waals surface area contributed by atoms with Crippen LogP contribution in [0.3, 0.4) is 0 Å². The number of anilines is 2. The van der Waals surface area contributed by atoms with Gasteiger partial charge in [0.1, 0.15) is 11.5 Å². The fraction of sp³-hybridized carbons (Fsp3) is 0.452. The van der Waals surface area contributed by atoms with E-state index in [9.17, 15) is 14.4 Å². The van der Waals surface area contributed by atoms with E-state index in [1.165, 1.54) is 6.20 Å². The van der Waals surface area contributed by atoms with Crippen molar-refractivity contribution >= 4 is 23.3 Å². The van der Waals surface area contributed by atoms with Gasteiger partial charge >= 0.3 is 0 Å². The lowest BCUT2D eigenvalue weighted by Gasteiger charge is -2.38. The number of morpholine rings is 1. The largest absolute Gasteiger partial charge is 0.378 e. The molecule has 0 unspecified atom stereocenters. The van der Waals surface area contributed by atoms with Gasteiger partial charge in [-0.15, -0.1) is 0 Å². The third kappa shape index (κ3) is 7.00. The van der Waals surface area contributed by atoms with Crippen LogP contribution in [-0.2, 0) is 16.0 Å². The number of nitrogens with zero attached hydrogens (tertiary/aromatic N) is 4. The lowest BCUT2D eigenvalue weighted by Crippen LogP contribution is -2.42. The van der Waals surface area contributed by atoms with Crippen molar-refractivity contribution in [1.82, 2.24) is 25.0 Å². The first-order valence-corrected chi connectivity index (χ1v) is 14.2. The highest BCUT2D eigenvalue weighted by molar-refractivity contribution is 5.94. The Bertz CT molecular complexity index is 1430. The minimum atomic E-state index is -0.394. The maximum atomic E-state index is 13.0. The number of H-pyrrole nitrogens is 1. The summed E-state index contributed by atoms with van der Waals surface area (Å²) in [5.41, 5.74) is 2.88. The van der Waals surface area contributed by atoms with Crippen molar-refractivity contribution in [3.63, 3.8) is 0 Å². The molecular formula is C31H38N6O4. The summed E-state index contributed by atoms with van der Waals surface area (Å²) in [6.45, 7) is 10.6. The zero-order valence-corrected chi connectivity index (χ0v) is 24.0. The van der Waals surface area contributed by atoms with Gasteiger partial charge in [-0.3, -0.25) is 14.4 Å². The summed E-state index contributed by atoms with van der Waals surface area (Å²) in [5.74, 6) is 1.10. The van der Waals surface area contributed by atoms with Gasteiger partial charge in [0.2, 0.25) is 5.91 Å². The SMILES string of the molecule is CC(C)(C)C1CCN(C(=O)Cc2cccc(-c3cc(Nc4ccc(C(=O)N5CCOCC5)cn4)c(=O)[nH]n3)c2)CC1. The molecule has 0 atom stereocenters. The third-order valence-corrected chi connectivity index (χ3v) is 8.03. The summed E-state index contributed by atoms with van der Waals surface area (Å²) < 4.78 is 5.31. The molecule has 0 saturated carbocycles. The number of hydrogen-bond donors (Lipinski definition) is 2. The summed E-state index contributed by atoms with van der Waals surface area (Å²) in [7, 11) is 0. The number of hydrogen-bond acceptors (Lipinski definition) is 7. The molecule has 2 saturated heterocycles. The second-order valence-corrected chi connectivity index (χ2v) is 11.9. The standard InChI is InChI=1S/C31H38N6O4/c1-31(2,3)24-9-11-36(12-10-24)28(38)18-21-5-4-6-22(17-21)25-19-26(29(39)35-34-25)33-27-8-7-23(20-32-27)30(40)37-13-15-41-16-14-37/h4-8,17,19-20,24H,9-16,18H2,1-3H3,(H,35,39)(H,32,33,34). The maximum Gasteiger partial charge on any atom is 0.287 e. The van der Waals surface area contributed by atoms with E-state index in [1.807, 2.05) is 29.2 Å². The molecule has 3 aromatic rings. The lowest BCUT2D eigenvalue weighted by atomic mass is 9.75. The molecule has 0 spiro atoms. The number of aromatic nitrogens is 3. The number of aromatic amines is 1. The number of carbonyl (C=O) groups excluding carboxylic acids is 2. The zero-order valence-electron chi connectivity index (χ0n) is 24.0. The minimum absolute atomic E-state index is 0.0934. The van der Waals surface area contributed by atoms with Crippen LogP contribution in [0.1, 0.15) is 49.5 Å². The van der Waals surface area contributed by atoms with Gasteiger partial charge in [0.25, 0.3) is 11.5 Å². The Kier molecular flexibility index (Phi) is 8.49. The summed E-state index contributed by atoms with van der Waals surface area (Å²) in [4.78, 5) is 46.3. The molecule has 216 valence electrons. The van der Waals surface area contributed by atoms with Gasteiger partial charge < -0.3 is 19.9 Å². The van der Waals surface area contributed by atoms with Crippen LogP contribution in [0.2, 0.25) is 0 Å². The molecule has 4 heterocycles. The molecular weight excluding hydrogens is 520 g/mol. The van der Waals surface area contributed by atoms with Crippen LogP contribution in [0.25, 0.3) is 11.3 Å². The number of pyridine rings is 1. The molecule has 41 heavy (non-hydrogen) atoms. The van der Waals surface area contributed by atoms with Gasteiger partial charge in [0, 0.05) is 37.9 Å². The highest BCUT2D eigenvalue weighted by Crippen LogP contribution is 2.34. The number of carbonyl (C=O) groups is 2. The van der Waals surface area contributed by atoms with Gasteiger partial charge in [0.15, 0.2) is 0 Å².